The lowest BCUT2D eigenvalue weighted by Crippen LogP contribution is -1.90. The number of rotatable bonds is 1. The number of nitroso groups, excluding NO2 is 1. The Labute approximate surface area is 69.8 Å². The monoisotopic (exact) mass is 161 g/mol. The van der Waals surface area contributed by atoms with Gasteiger partial charge >= 0.3 is 0 Å². The zero-order chi connectivity index (χ0) is 9.14. The van der Waals surface area contributed by atoms with Crippen molar-refractivity contribution >= 4 is 5.69 Å². The van der Waals surface area contributed by atoms with Crippen LogP contribution in [0.4, 0.5) is 5.69 Å². The zero-order valence-electron chi connectivity index (χ0n) is 6.83. The molecule has 0 saturated heterocycles. The van der Waals surface area contributed by atoms with Gasteiger partial charge in [0.25, 0.3) is 0 Å². The first-order valence-electron chi connectivity index (χ1n) is 3.40. The van der Waals surface area contributed by atoms with Gasteiger partial charge in [-0.15, -0.1) is 4.91 Å². The molecule has 1 aromatic heterocycles. The van der Waals surface area contributed by atoms with E-state index in [2.05, 4.69) is 10.2 Å². The third kappa shape index (κ3) is 1.30. The standard InChI is InChI=1S/C8H7N3O/c1-5-3-7(11-12)8(4-9)10-6(5)2/h3H,1-2H3. The Kier molecular flexibility index (Phi) is 2.15. The van der Waals surface area contributed by atoms with E-state index >= 15 is 0 Å². The summed E-state index contributed by atoms with van der Waals surface area (Å²) in [7, 11) is 0. The molecule has 0 aliphatic heterocycles. The first-order valence-corrected chi connectivity index (χ1v) is 3.40. The second-order valence-corrected chi connectivity index (χ2v) is 2.46. The number of nitrogens with zero attached hydrogens (tertiary/aromatic N) is 3. The Balaban J connectivity index is 3.41. The molecule has 0 amide bonds. The van der Waals surface area contributed by atoms with E-state index in [1.165, 1.54) is 0 Å². The van der Waals surface area contributed by atoms with Crippen molar-refractivity contribution < 1.29 is 0 Å². The number of aromatic nitrogens is 1. The predicted molar refractivity (Wildman–Crippen MR) is 43.9 cm³/mol. The van der Waals surface area contributed by atoms with Crippen LogP contribution in [0.5, 0.6) is 0 Å². The van der Waals surface area contributed by atoms with E-state index < -0.39 is 0 Å². The number of hydrogen-bond donors (Lipinski definition) is 0. The van der Waals surface area contributed by atoms with Crippen molar-refractivity contribution in [3.63, 3.8) is 0 Å². The highest BCUT2D eigenvalue weighted by Crippen LogP contribution is 2.19. The van der Waals surface area contributed by atoms with Gasteiger partial charge in [-0.05, 0) is 30.7 Å². The van der Waals surface area contributed by atoms with E-state index in [4.69, 9.17) is 5.26 Å². The van der Waals surface area contributed by atoms with Crippen molar-refractivity contribution in [3.8, 4) is 6.07 Å². The average Bonchev–Trinajstić information content (AvgIpc) is 2.09. The molecule has 0 bridgehead atoms. The van der Waals surface area contributed by atoms with E-state index in [1.54, 1.807) is 13.0 Å². The van der Waals surface area contributed by atoms with Gasteiger partial charge in [-0.3, -0.25) is 0 Å². The van der Waals surface area contributed by atoms with Crippen molar-refractivity contribution in [1.29, 1.82) is 5.26 Å². The fourth-order valence-corrected chi connectivity index (χ4v) is 0.843. The van der Waals surface area contributed by atoms with Crippen molar-refractivity contribution in [1.82, 2.24) is 4.98 Å². The molecular formula is C8H7N3O. The van der Waals surface area contributed by atoms with Crippen LogP contribution in [0.2, 0.25) is 0 Å². The first kappa shape index (κ1) is 8.34. The molecule has 0 aromatic carbocycles. The van der Waals surface area contributed by atoms with Crippen LogP contribution in [0.15, 0.2) is 11.2 Å². The van der Waals surface area contributed by atoms with Gasteiger partial charge in [0.15, 0.2) is 5.69 Å². The van der Waals surface area contributed by atoms with Crippen molar-refractivity contribution in [2.45, 2.75) is 13.8 Å². The number of nitriles is 1. The Bertz CT molecular complexity index is 365. The van der Waals surface area contributed by atoms with Crippen LogP contribution >= 0.6 is 0 Å². The minimum Gasteiger partial charge on any atom is -0.240 e. The minimum atomic E-state index is 0.0908. The molecule has 0 radical (unpaired) electrons. The van der Waals surface area contributed by atoms with Crippen LogP contribution in [0.25, 0.3) is 0 Å². The smallest absolute Gasteiger partial charge is 0.170 e. The van der Waals surface area contributed by atoms with E-state index in [0.717, 1.165) is 11.3 Å². The number of pyridine rings is 1. The molecule has 0 atom stereocenters. The molecule has 0 spiro atoms. The Morgan fingerprint density at radius 3 is 2.75 bits per heavy atom. The summed E-state index contributed by atoms with van der Waals surface area (Å²) in [6.07, 6.45) is 0. The average molecular weight is 161 g/mol. The molecule has 12 heavy (non-hydrogen) atoms. The largest absolute Gasteiger partial charge is 0.240 e. The predicted octanol–water partition coefficient (Wildman–Crippen LogP) is 1.97. The summed E-state index contributed by atoms with van der Waals surface area (Å²) in [6, 6.07) is 3.37. The number of hydrogen-bond acceptors (Lipinski definition) is 4. The third-order valence-corrected chi connectivity index (χ3v) is 1.65. The molecule has 4 nitrogen and oxygen atoms in total. The topological polar surface area (TPSA) is 66.1 Å². The van der Waals surface area contributed by atoms with Crippen LogP contribution in [-0.2, 0) is 0 Å². The normalized spacial score (nSPS) is 9.08. The minimum absolute atomic E-state index is 0.0908. The highest BCUT2D eigenvalue weighted by atomic mass is 16.3. The van der Waals surface area contributed by atoms with Crippen LogP contribution in [0, 0.1) is 30.1 Å². The highest BCUT2D eigenvalue weighted by molar-refractivity contribution is 5.51. The summed E-state index contributed by atoms with van der Waals surface area (Å²) in [6.45, 7) is 3.60. The van der Waals surface area contributed by atoms with Crippen LogP contribution in [-0.4, -0.2) is 4.98 Å². The lowest BCUT2D eigenvalue weighted by Gasteiger charge is -1.99. The van der Waals surface area contributed by atoms with Gasteiger partial charge in [0.2, 0.25) is 0 Å². The molecular weight excluding hydrogens is 154 g/mol. The first-order chi connectivity index (χ1) is 5.69. The highest BCUT2D eigenvalue weighted by Gasteiger charge is 2.05. The van der Waals surface area contributed by atoms with E-state index in [0.29, 0.717) is 0 Å². The maximum absolute atomic E-state index is 10.2. The maximum atomic E-state index is 10.2. The number of aryl methyl sites for hydroxylation is 2. The second kappa shape index (κ2) is 3.09. The van der Waals surface area contributed by atoms with Crippen molar-refractivity contribution in [3.05, 3.63) is 27.9 Å². The second-order valence-electron chi connectivity index (χ2n) is 2.46. The molecule has 4 heteroatoms. The van der Waals surface area contributed by atoms with Gasteiger partial charge in [0.1, 0.15) is 11.8 Å². The summed E-state index contributed by atoms with van der Waals surface area (Å²) in [5.41, 5.74) is 1.82. The van der Waals surface area contributed by atoms with Crippen LogP contribution < -0.4 is 0 Å². The van der Waals surface area contributed by atoms with E-state index in [-0.39, 0.29) is 11.4 Å². The molecule has 1 heterocycles. The molecule has 0 aliphatic carbocycles. The van der Waals surface area contributed by atoms with Gasteiger partial charge in [-0.25, -0.2) is 4.98 Å². The van der Waals surface area contributed by atoms with Crippen LogP contribution in [0.1, 0.15) is 17.0 Å². The summed E-state index contributed by atoms with van der Waals surface area (Å²) in [4.78, 5) is 14.1. The molecule has 0 aliphatic rings. The van der Waals surface area contributed by atoms with E-state index in [9.17, 15) is 4.91 Å². The van der Waals surface area contributed by atoms with Crippen LogP contribution in [0.3, 0.4) is 0 Å². The van der Waals surface area contributed by atoms with Gasteiger partial charge < -0.3 is 0 Å². The van der Waals surface area contributed by atoms with Crippen molar-refractivity contribution in [2.75, 3.05) is 0 Å². The fraction of sp³-hybridized carbons (Fsp3) is 0.250. The van der Waals surface area contributed by atoms with Gasteiger partial charge in [-0.1, -0.05) is 0 Å². The molecule has 60 valence electrons. The summed E-state index contributed by atoms with van der Waals surface area (Å²) in [5, 5.41) is 11.3. The Hall–Kier alpha value is -1.76. The SMILES string of the molecule is Cc1cc(N=O)c(C#N)nc1C. The fourth-order valence-electron chi connectivity index (χ4n) is 0.843. The Morgan fingerprint density at radius 1 is 1.58 bits per heavy atom. The summed E-state index contributed by atoms with van der Waals surface area (Å²) < 4.78 is 0. The van der Waals surface area contributed by atoms with Crippen molar-refractivity contribution in [2.24, 2.45) is 5.18 Å². The Morgan fingerprint density at radius 2 is 2.25 bits per heavy atom. The molecule has 0 unspecified atom stereocenters. The molecule has 0 fully saturated rings. The lowest BCUT2D eigenvalue weighted by atomic mass is 10.2. The third-order valence-electron chi connectivity index (χ3n) is 1.65. The summed E-state index contributed by atoms with van der Waals surface area (Å²) in [5.74, 6) is 0. The van der Waals surface area contributed by atoms with Gasteiger partial charge in [0.05, 0.1) is 0 Å². The molecule has 1 rings (SSSR count). The zero-order valence-corrected chi connectivity index (χ0v) is 6.83. The van der Waals surface area contributed by atoms with Gasteiger partial charge in [0, 0.05) is 5.69 Å². The molecule has 1 aromatic rings. The van der Waals surface area contributed by atoms with Gasteiger partial charge in [-0.2, -0.15) is 5.26 Å². The lowest BCUT2D eigenvalue weighted by molar-refractivity contribution is 1.12. The maximum Gasteiger partial charge on any atom is 0.170 e. The van der Waals surface area contributed by atoms with E-state index in [1.807, 2.05) is 13.0 Å². The summed E-state index contributed by atoms with van der Waals surface area (Å²) >= 11 is 0. The quantitative estimate of drug-likeness (QED) is 0.591. The molecule has 0 N–H and O–H groups in total. The molecule has 0 saturated carbocycles.